The van der Waals surface area contributed by atoms with E-state index in [1.165, 1.54) is 0 Å². The Morgan fingerprint density at radius 2 is 1.77 bits per heavy atom. The largest absolute Gasteiger partial charge is 0.511 e. The first kappa shape index (κ1) is 23.7. The minimum Gasteiger partial charge on any atom is -0.431 e. The van der Waals surface area contributed by atoms with Crippen molar-refractivity contribution in [2.75, 3.05) is 6.79 Å². The lowest BCUT2D eigenvalue weighted by atomic mass is 9.98. The third kappa shape index (κ3) is 8.02. The number of benzene rings is 2. The van der Waals surface area contributed by atoms with Crippen LogP contribution in [0.25, 0.3) is 11.1 Å². The molecule has 0 bridgehead atoms. The average Bonchev–Trinajstić information content (AvgIpc) is 2.67. The molecule has 0 heterocycles. The van der Waals surface area contributed by atoms with Crippen LogP contribution in [0.3, 0.4) is 0 Å². The van der Waals surface area contributed by atoms with E-state index in [-0.39, 0.29) is 12.5 Å². The van der Waals surface area contributed by atoms with Crippen molar-refractivity contribution in [1.29, 1.82) is 0 Å². The van der Waals surface area contributed by atoms with Gasteiger partial charge in [-0.25, -0.2) is 9.59 Å². The molecule has 2 aromatic carbocycles. The van der Waals surface area contributed by atoms with Gasteiger partial charge in [-0.3, -0.25) is 0 Å². The summed E-state index contributed by atoms with van der Waals surface area (Å²) < 4.78 is 14.0. The van der Waals surface area contributed by atoms with Gasteiger partial charge in [0, 0.05) is 11.1 Å². The number of hydrogen-bond donors (Lipinski definition) is 2. The molecular formula is C22H26ClNO6. The predicted molar refractivity (Wildman–Crippen MR) is 113 cm³/mol. The van der Waals surface area contributed by atoms with Crippen LogP contribution >= 0.6 is 11.6 Å². The second kappa shape index (κ2) is 11.5. The Labute approximate surface area is 180 Å². The Bertz CT molecular complexity index is 840. The highest BCUT2D eigenvalue weighted by Crippen LogP contribution is 2.23. The van der Waals surface area contributed by atoms with E-state index in [1.54, 1.807) is 13.8 Å². The van der Waals surface area contributed by atoms with E-state index in [0.29, 0.717) is 11.4 Å². The minimum atomic E-state index is -1.42. The molecule has 0 amide bonds. The molecule has 2 rings (SSSR count). The monoisotopic (exact) mass is 435 g/mol. The highest BCUT2D eigenvalue weighted by Gasteiger charge is 2.21. The number of hydrogen-bond acceptors (Lipinski definition) is 7. The SMILES string of the molecule is CC(C)OC(=O)OCOC(=O)C(O)C[C@H](N)Cc1ccc(-c2cccc(Cl)c2)cc1. The minimum absolute atomic E-state index is 0.00528. The van der Waals surface area contributed by atoms with Gasteiger partial charge in [-0.1, -0.05) is 48.0 Å². The number of esters is 1. The molecule has 7 nitrogen and oxygen atoms in total. The summed E-state index contributed by atoms with van der Waals surface area (Å²) in [6.07, 6.45) is -2.25. The smallest absolute Gasteiger partial charge is 0.431 e. The van der Waals surface area contributed by atoms with E-state index < -0.39 is 31.1 Å². The van der Waals surface area contributed by atoms with E-state index >= 15 is 0 Å². The summed E-state index contributed by atoms with van der Waals surface area (Å²) in [5, 5.41) is 10.6. The molecule has 8 heteroatoms. The van der Waals surface area contributed by atoms with Crippen molar-refractivity contribution < 1.29 is 28.9 Å². The van der Waals surface area contributed by atoms with Gasteiger partial charge in [0.1, 0.15) is 0 Å². The normalized spacial score (nSPS) is 12.9. The lowest BCUT2D eigenvalue weighted by Crippen LogP contribution is -2.34. The first-order valence-corrected chi connectivity index (χ1v) is 9.91. The molecule has 0 radical (unpaired) electrons. The maximum absolute atomic E-state index is 11.8. The van der Waals surface area contributed by atoms with Gasteiger partial charge in [0.2, 0.25) is 6.79 Å². The van der Waals surface area contributed by atoms with Crippen LogP contribution in [0.4, 0.5) is 4.79 Å². The molecule has 2 atom stereocenters. The molecule has 3 N–H and O–H groups in total. The van der Waals surface area contributed by atoms with Gasteiger partial charge in [-0.2, -0.15) is 0 Å². The third-order valence-corrected chi connectivity index (χ3v) is 4.35. The molecule has 0 aliphatic carbocycles. The number of aliphatic hydroxyl groups is 1. The summed E-state index contributed by atoms with van der Waals surface area (Å²) in [7, 11) is 0. The predicted octanol–water partition coefficient (Wildman–Crippen LogP) is 3.69. The van der Waals surface area contributed by atoms with Crippen molar-refractivity contribution in [2.24, 2.45) is 5.73 Å². The first-order chi connectivity index (χ1) is 14.2. The number of nitrogens with two attached hydrogens (primary N) is 1. The average molecular weight is 436 g/mol. The fraction of sp³-hybridized carbons (Fsp3) is 0.364. The molecule has 0 aliphatic rings. The molecule has 0 aliphatic heterocycles. The number of carbonyl (C=O) groups excluding carboxylic acids is 2. The molecule has 162 valence electrons. The van der Waals surface area contributed by atoms with Gasteiger partial charge < -0.3 is 25.1 Å². The van der Waals surface area contributed by atoms with Crippen molar-refractivity contribution in [2.45, 2.75) is 44.9 Å². The Hall–Kier alpha value is -2.61. The number of halogens is 1. The van der Waals surface area contributed by atoms with Crippen LogP contribution in [0.5, 0.6) is 0 Å². The quantitative estimate of drug-likeness (QED) is 0.456. The summed E-state index contributed by atoms with van der Waals surface area (Å²) in [5.74, 6) is -0.917. The van der Waals surface area contributed by atoms with Gasteiger partial charge in [0.15, 0.2) is 6.10 Å². The first-order valence-electron chi connectivity index (χ1n) is 9.53. The van der Waals surface area contributed by atoms with E-state index in [4.69, 9.17) is 26.8 Å². The van der Waals surface area contributed by atoms with Crippen molar-refractivity contribution in [3.63, 3.8) is 0 Å². The summed E-state index contributed by atoms with van der Waals surface area (Å²) in [5.41, 5.74) is 9.05. The maximum Gasteiger partial charge on any atom is 0.511 e. The fourth-order valence-electron chi connectivity index (χ4n) is 2.73. The van der Waals surface area contributed by atoms with E-state index in [2.05, 4.69) is 4.74 Å². The molecule has 0 saturated carbocycles. The zero-order valence-corrected chi connectivity index (χ0v) is 17.7. The van der Waals surface area contributed by atoms with Crippen LogP contribution in [0.2, 0.25) is 5.02 Å². The molecule has 0 saturated heterocycles. The van der Waals surface area contributed by atoms with Crippen LogP contribution in [-0.2, 0) is 25.4 Å². The Kier molecular flexibility index (Phi) is 9.11. The summed E-state index contributed by atoms with van der Waals surface area (Å²) in [6, 6.07) is 14.9. The number of carbonyl (C=O) groups is 2. The second-order valence-electron chi connectivity index (χ2n) is 7.07. The molecule has 0 spiro atoms. The van der Waals surface area contributed by atoms with Crippen molar-refractivity contribution in [3.8, 4) is 11.1 Å². The van der Waals surface area contributed by atoms with Gasteiger partial charge >= 0.3 is 12.1 Å². The van der Waals surface area contributed by atoms with Crippen LogP contribution in [-0.4, -0.2) is 42.3 Å². The standard InChI is InChI=1S/C22H26ClNO6/c1-14(2)30-22(27)29-13-28-21(26)20(25)12-19(24)10-15-6-8-16(9-7-15)17-4-3-5-18(23)11-17/h3-9,11,14,19-20,25H,10,12-13,24H2,1-2H3/t19-,20?/m1/s1. The van der Waals surface area contributed by atoms with E-state index in [1.807, 2.05) is 48.5 Å². The van der Waals surface area contributed by atoms with Crippen molar-refractivity contribution in [1.82, 2.24) is 0 Å². The topological polar surface area (TPSA) is 108 Å². The maximum atomic E-state index is 11.8. The molecule has 0 fully saturated rings. The van der Waals surface area contributed by atoms with Gasteiger partial charge in [-0.15, -0.1) is 0 Å². The van der Waals surface area contributed by atoms with Gasteiger partial charge in [-0.05, 0) is 55.5 Å². The Morgan fingerprint density at radius 3 is 2.40 bits per heavy atom. The zero-order chi connectivity index (χ0) is 22.1. The van der Waals surface area contributed by atoms with Crippen LogP contribution in [0, 0.1) is 0 Å². The van der Waals surface area contributed by atoms with Crippen LogP contribution < -0.4 is 5.73 Å². The Balaban J connectivity index is 1.78. The summed E-state index contributed by atoms with van der Waals surface area (Å²) >= 11 is 6.03. The van der Waals surface area contributed by atoms with Crippen molar-refractivity contribution in [3.05, 3.63) is 59.1 Å². The van der Waals surface area contributed by atoms with Crippen molar-refractivity contribution >= 4 is 23.7 Å². The van der Waals surface area contributed by atoms with Gasteiger partial charge in [0.25, 0.3) is 0 Å². The highest BCUT2D eigenvalue weighted by molar-refractivity contribution is 6.30. The van der Waals surface area contributed by atoms with E-state index in [9.17, 15) is 14.7 Å². The van der Waals surface area contributed by atoms with E-state index in [0.717, 1.165) is 16.7 Å². The molecule has 2 aromatic rings. The van der Waals surface area contributed by atoms with Crippen LogP contribution in [0.15, 0.2) is 48.5 Å². The zero-order valence-electron chi connectivity index (χ0n) is 16.9. The highest BCUT2D eigenvalue weighted by atomic mass is 35.5. The number of ether oxygens (including phenoxy) is 3. The lowest BCUT2D eigenvalue weighted by Gasteiger charge is -2.16. The summed E-state index contributed by atoms with van der Waals surface area (Å²) in [6.45, 7) is 2.67. The molecule has 30 heavy (non-hydrogen) atoms. The molecule has 0 aromatic heterocycles. The van der Waals surface area contributed by atoms with Gasteiger partial charge in [0.05, 0.1) is 6.10 Å². The second-order valence-corrected chi connectivity index (χ2v) is 7.50. The summed E-state index contributed by atoms with van der Waals surface area (Å²) in [4.78, 5) is 23.0. The Morgan fingerprint density at radius 1 is 1.07 bits per heavy atom. The van der Waals surface area contributed by atoms with Crippen LogP contribution in [0.1, 0.15) is 25.8 Å². The molecule has 1 unspecified atom stereocenters. The third-order valence-electron chi connectivity index (χ3n) is 4.12. The number of rotatable bonds is 9. The number of aliphatic hydroxyl groups excluding tert-OH is 1. The molecular weight excluding hydrogens is 410 g/mol. The lowest BCUT2D eigenvalue weighted by molar-refractivity contribution is -0.164. The fourth-order valence-corrected chi connectivity index (χ4v) is 2.92.